The highest BCUT2D eigenvalue weighted by atomic mass is 19.1. The molecule has 0 unspecified atom stereocenters. The van der Waals surface area contributed by atoms with Gasteiger partial charge < -0.3 is 5.73 Å². The lowest BCUT2D eigenvalue weighted by Crippen LogP contribution is -2.26. The summed E-state index contributed by atoms with van der Waals surface area (Å²) in [6, 6.07) is 4.89. The summed E-state index contributed by atoms with van der Waals surface area (Å²) in [7, 11) is 0. The number of benzene rings is 1. The maximum Gasteiger partial charge on any atom is 0.124 e. The topological polar surface area (TPSA) is 29.3 Å². The highest BCUT2D eigenvalue weighted by Gasteiger charge is 2.34. The van der Waals surface area contributed by atoms with Crippen LogP contribution in [0.15, 0.2) is 18.2 Å². The molecule has 2 N–H and O–H groups in total. The Hall–Kier alpha value is -1.37. The van der Waals surface area contributed by atoms with Gasteiger partial charge in [0.05, 0.1) is 6.54 Å². The molecule has 0 saturated carbocycles. The van der Waals surface area contributed by atoms with Crippen molar-refractivity contribution in [2.24, 2.45) is 11.1 Å². The van der Waals surface area contributed by atoms with E-state index in [-0.39, 0.29) is 5.82 Å². The second-order valence-corrected chi connectivity index (χ2v) is 5.98. The fourth-order valence-electron chi connectivity index (χ4n) is 3.18. The molecule has 21 heavy (non-hydrogen) atoms. The van der Waals surface area contributed by atoms with Gasteiger partial charge in [-0.3, -0.25) is 4.90 Å². The van der Waals surface area contributed by atoms with Gasteiger partial charge in [0.1, 0.15) is 5.82 Å². The van der Waals surface area contributed by atoms with Crippen molar-refractivity contribution in [3.05, 3.63) is 35.1 Å². The number of halogens is 1. The molecule has 1 aromatic rings. The van der Waals surface area contributed by atoms with Crippen molar-refractivity contribution in [1.29, 1.82) is 0 Å². The van der Waals surface area contributed by atoms with E-state index in [0.717, 1.165) is 30.8 Å². The summed E-state index contributed by atoms with van der Waals surface area (Å²) >= 11 is 0. The molecule has 0 atom stereocenters. The molecule has 0 spiro atoms. The predicted molar refractivity (Wildman–Crippen MR) is 85.2 cm³/mol. The van der Waals surface area contributed by atoms with Crippen LogP contribution in [0.3, 0.4) is 0 Å². The third-order valence-electron chi connectivity index (χ3n) is 4.81. The van der Waals surface area contributed by atoms with E-state index in [9.17, 15) is 4.39 Å². The van der Waals surface area contributed by atoms with Crippen LogP contribution in [0, 0.1) is 23.1 Å². The van der Waals surface area contributed by atoms with Gasteiger partial charge >= 0.3 is 0 Å². The number of nitrogens with two attached hydrogens (primary N) is 1. The van der Waals surface area contributed by atoms with Crippen LogP contribution in [0.4, 0.5) is 4.39 Å². The van der Waals surface area contributed by atoms with Gasteiger partial charge in [-0.15, -0.1) is 0 Å². The Balaban J connectivity index is 2.13. The quantitative estimate of drug-likeness (QED) is 0.862. The first-order chi connectivity index (χ1) is 10.1. The van der Waals surface area contributed by atoms with E-state index < -0.39 is 0 Å². The minimum Gasteiger partial charge on any atom is -0.320 e. The number of hydrogen-bond acceptors (Lipinski definition) is 2. The van der Waals surface area contributed by atoms with E-state index >= 15 is 0 Å². The van der Waals surface area contributed by atoms with Crippen molar-refractivity contribution in [2.75, 3.05) is 19.6 Å². The Kier molecular flexibility index (Phi) is 5.39. The van der Waals surface area contributed by atoms with Crippen LogP contribution in [-0.4, -0.2) is 24.5 Å². The Morgan fingerprint density at radius 3 is 2.71 bits per heavy atom. The zero-order valence-electron chi connectivity index (χ0n) is 13.1. The molecule has 0 amide bonds. The number of rotatable bonds is 4. The minimum absolute atomic E-state index is 0.238. The van der Waals surface area contributed by atoms with Crippen molar-refractivity contribution in [2.45, 2.75) is 39.7 Å². The molecule has 1 aromatic carbocycles. The lowest BCUT2D eigenvalue weighted by Gasteiger charge is -2.26. The first-order valence-corrected chi connectivity index (χ1v) is 7.82. The van der Waals surface area contributed by atoms with E-state index in [1.807, 2.05) is 6.07 Å². The molecule has 1 aliphatic heterocycles. The maximum absolute atomic E-state index is 13.4. The molecule has 0 radical (unpaired) electrons. The SMILES string of the molecule is CCC1(CC)CCN(Cc2ccc(F)cc2C#CCN)C1. The highest BCUT2D eigenvalue weighted by molar-refractivity contribution is 5.42. The second-order valence-electron chi connectivity index (χ2n) is 5.98. The molecule has 1 fully saturated rings. The molecular weight excluding hydrogens is 263 g/mol. The van der Waals surface area contributed by atoms with Gasteiger partial charge in [0.25, 0.3) is 0 Å². The van der Waals surface area contributed by atoms with Gasteiger partial charge in [-0.2, -0.15) is 0 Å². The predicted octanol–water partition coefficient (Wildman–Crippen LogP) is 3.15. The molecule has 2 nitrogen and oxygen atoms in total. The number of hydrogen-bond donors (Lipinski definition) is 1. The normalized spacial score (nSPS) is 17.5. The summed E-state index contributed by atoms with van der Waals surface area (Å²) in [5, 5.41) is 0. The molecule has 0 aromatic heterocycles. The van der Waals surface area contributed by atoms with Crippen LogP contribution in [0.25, 0.3) is 0 Å². The van der Waals surface area contributed by atoms with Crippen molar-refractivity contribution in [1.82, 2.24) is 4.90 Å². The van der Waals surface area contributed by atoms with Crippen LogP contribution in [0.2, 0.25) is 0 Å². The number of likely N-dealkylation sites (tertiary alicyclic amines) is 1. The average molecular weight is 288 g/mol. The molecule has 0 aliphatic carbocycles. The van der Waals surface area contributed by atoms with Gasteiger partial charge in [0.15, 0.2) is 0 Å². The zero-order chi connectivity index (χ0) is 15.3. The summed E-state index contributed by atoms with van der Waals surface area (Å²) in [6.07, 6.45) is 3.71. The van der Waals surface area contributed by atoms with E-state index in [1.165, 1.54) is 31.4 Å². The molecule has 114 valence electrons. The first-order valence-electron chi connectivity index (χ1n) is 7.82. The van der Waals surface area contributed by atoms with Gasteiger partial charge in [-0.25, -0.2) is 4.39 Å². The molecule has 3 heteroatoms. The van der Waals surface area contributed by atoms with Gasteiger partial charge in [-0.1, -0.05) is 31.8 Å². The summed E-state index contributed by atoms with van der Waals surface area (Å²) in [5.41, 5.74) is 7.75. The fourth-order valence-corrected chi connectivity index (χ4v) is 3.18. The largest absolute Gasteiger partial charge is 0.320 e. The van der Waals surface area contributed by atoms with Crippen LogP contribution in [0.1, 0.15) is 44.2 Å². The molecule has 0 bridgehead atoms. The molecule has 2 rings (SSSR count). The summed E-state index contributed by atoms with van der Waals surface area (Å²) in [5.74, 6) is 5.58. The second kappa shape index (κ2) is 7.06. The smallest absolute Gasteiger partial charge is 0.124 e. The van der Waals surface area contributed by atoms with E-state index in [1.54, 1.807) is 0 Å². The van der Waals surface area contributed by atoms with Crippen molar-refractivity contribution >= 4 is 0 Å². The molecule has 1 aliphatic rings. The molecule has 1 saturated heterocycles. The third kappa shape index (κ3) is 3.84. The van der Waals surface area contributed by atoms with Crippen molar-refractivity contribution < 1.29 is 4.39 Å². The first kappa shape index (κ1) is 16.0. The Morgan fingerprint density at radius 1 is 1.33 bits per heavy atom. The van der Waals surface area contributed by atoms with Crippen LogP contribution < -0.4 is 5.73 Å². The Morgan fingerprint density at radius 2 is 2.10 bits per heavy atom. The molecule has 1 heterocycles. The van der Waals surface area contributed by atoms with Crippen molar-refractivity contribution in [3.8, 4) is 11.8 Å². The third-order valence-corrected chi connectivity index (χ3v) is 4.81. The van der Waals surface area contributed by atoms with Crippen LogP contribution in [0.5, 0.6) is 0 Å². The van der Waals surface area contributed by atoms with Crippen molar-refractivity contribution in [3.63, 3.8) is 0 Å². The molecular formula is C18H25FN2. The maximum atomic E-state index is 13.4. The van der Waals surface area contributed by atoms with E-state index in [2.05, 4.69) is 30.6 Å². The summed E-state index contributed by atoms with van der Waals surface area (Å²) < 4.78 is 13.4. The monoisotopic (exact) mass is 288 g/mol. The van der Waals surface area contributed by atoms with E-state index in [4.69, 9.17) is 5.73 Å². The average Bonchev–Trinajstić information content (AvgIpc) is 2.91. The van der Waals surface area contributed by atoms with Gasteiger partial charge in [-0.05, 0) is 48.9 Å². The van der Waals surface area contributed by atoms with Crippen LogP contribution in [-0.2, 0) is 6.54 Å². The lowest BCUT2D eigenvalue weighted by atomic mass is 9.82. The highest BCUT2D eigenvalue weighted by Crippen LogP contribution is 2.37. The van der Waals surface area contributed by atoms with Gasteiger partial charge in [0.2, 0.25) is 0 Å². The summed E-state index contributed by atoms with van der Waals surface area (Å²) in [4.78, 5) is 2.47. The van der Waals surface area contributed by atoms with Crippen LogP contribution >= 0.6 is 0 Å². The standard InChI is InChI=1S/C18H25FN2/c1-3-18(4-2)9-11-21(14-18)13-16-7-8-17(19)12-15(16)6-5-10-20/h7-8,12H,3-4,9-11,13-14,20H2,1-2H3. The Bertz CT molecular complexity index is 538. The van der Waals surface area contributed by atoms with Gasteiger partial charge in [0, 0.05) is 18.7 Å². The zero-order valence-corrected chi connectivity index (χ0v) is 13.1. The fraction of sp³-hybridized carbons (Fsp3) is 0.556. The summed E-state index contributed by atoms with van der Waals surface area (Å²) in [6.45, 7) is 7.95. The lowest BCUT2D eigenvalue weighted by molar-refractivity contribution is 0.236. The van der Waals surface area contributed by atoms with E-state index in [0.29, 0.717) is 12.0 Å². The number of nitrogens with zero attached hydrogens (tertiary/aromatic N) is 1. The Labute approximate surface area is 127 Å². The minimum atomic E-state index is -0.238.